The molecule has 5 atom stereocenters. The first-order valence-corrected chi connectivity index (χ1v) is 17.4. The van der Waals surface area contributed by atoms with Crippen LogP contribution in [0.3, 0.4) is 0 Å². The van der Waals surface area contributed by atoms with Crippen molar-refractivity contribution in [3.05, 3.63) is 149 Å². The van der Waals surface area contributed by atoms with Crippen LogP contribution in [0, 0.1) is 0 Å². The Balaban J connectivity index is 1.19. The normalized spacial score (nSPS) is 25.0. The molecule has 2 aliphatic carbocycles. The average Bonchev–Trinajstić information content (AvgIpc) is 3.62. The molecular formula is C42H39N2S+. The quantitative estimate of drug-likeness (QED) is 0.205. The van der Waals surface area contributed by atoms with Gasteiger partial charge in [0.05, 0.1) is 6.42 Å². The van der Waals surface area contributed by atoms with Crippen molar-refractivity contribution in [3.8, 4) is 16.1 Å². The van der Waals surface area contributed by atoms with Crippen LogP contribution >= 0.6 is 11.3 Å². The molecule has 2 nitrogen and oxygen atoms in total. The van der Waals surface area contributed by atoms with Crippen molar-refractivity contribution in [2.24, 2.45) is 0 Å². The summed E-state index contributed by atoms with van der Waals surface area (Å²) in [6.45, 7) is 7.30. The van der Waals surface area contributed by atoms with Crippen molar-refractivity contribution in [1.29, 1.82) is 0 Å². The molecule has 1 saturated heterocycles. The summed E-state index contributed by atoms with van der Waals surface area (Å²) in [6.07, 6.45) is 8.14. The second-order valence-electron chi connectivity index (χ2n) is 13.8. The molecule has 0 radical (unpaired) electrons. The molecule has 1 aliphatic heterocycles. The molecule has 9 rings (SSSR count). The summed E-state index contributed by atoms with van der Waals surface area (Å²) in [5.74, 6) is 0.923. The monoisotopic (exact) mass is 603 g/mol. The largest absolute Gasteiger partial charge is 0.316 e. The van der Waals surface area contributed by atoms with E-state index in [-0.39, 0.29) is 5.54 Å². The fourth-order valence-electron chi connectivity index (χ4n) is 8.91. The first kappa shape index (κ1) is 27.2. The van der Waals surface area contributed by atoms with Gasteiger partial charge in [0.15, 0.2) is 0 Å². The van der Waals surface area contributed by atoms with Gasteiger partial charge in [-0.3, -0.25) is 4.90 Å². The zero-order chi connectivity index (χ0) is 30.3. The maximum Gasteiger partial charge on any atom is 0.132 e. The third-order valence-corrected chi connectivity index (χ3v) is 12.3. The zero-order valence-corrected chi connectivity index (χ0v) is 27.1. The molecule has 0 bridgehead atoms. The predicted octanol–water partition coefficient (Wildman–Crippen LogP) is 10.1. The Bertz CT molecular complexity index is 2080. The Hall–Kier alpha value is -4.18. The molecule has 3 heterocycles. The number of aromatic nitrogens is 1. The van der Waals surface area contributed by atoms with Gasteiger partial charge < -0.3 is 4.57 Å². The standard InChI is InChI=1S/C42H38N2S/c1-27-13-12-19-34-38-40(28(2)25-35-33-18-10-11-20-37(33)45-41(35)38)43(39(27)34)31-21-23-32(24-22-31)44-36(29-14-6-4-7-15-29)26-42(44,3)30-16-8-5-9-17-30/h4-12,14-24,27-28,36H,13,25-26H2,1-3H3/p+1. The van der Waals surface area contributed by atoms with E-state index in [1.165, 1.54) is 60.0 Å². The highest BCUT2D eigenvalue weighted by Crippen LogP contribution is 2.53. The van der Waals surface area contributed by atoms with E-state index < -0.39 is 0 Å². The minimum absolute atomic E-state index is 0.0282. The molecule has 0 saturated carbocycles. The molecule has 3 heteroatoms. The molecule has 0 amide bonds. The third-order valence-electron chi connectivity index (χ3n) is 11.0. The lowest BCUT2D eigenvalue weighted by molar-refractivity contribution is -0.981. The van der Waals surface area contributed by atoms with Crippen LogP contribution < -0.4 is 4.90 Å². The van der Waals surface area contributed by atoms with Gasteiger partial charge in [-0.05, 0) is 48.9 Å². The number of fused-ring (bicyclic) bond motifs is 7. The second-order valence-corrected chi connectivity index (χ2v) is 14.8. The van der Waals surface area contributed by atoms with Gasteiger partial charge in [-0.1, -0.05) is 105 Å². The van der Waals surface area contributed by atoms with Crippen LogP contribution in [-0.4, -0.2) is 4.57 Å². The van der Waals surface area contributed by atoms with E-state index in [0.29, 0.717) is 17.9 Å². The van der Waals surface area contributed by atoms with E-state index in [9.17, 15) is 0 Å². The maximum atomic E-state index is 2.66. The van der Waals surface area contributed by atoms with Gasteiger partial charge in [-0.25, -0.2) is 0 Å². The topological polar surface area (TPSA) is 9.37 Å². The van der Waals surface area contributed by atoms with Crippen molar-refractivity contribution in [1.82, 2.24) is 4.57 Å². The summed E-state index contributed by atoms with van der Waals surface area (Å²) in [5, 5.41) is 1.45. The highest BCUT2D eigenvalue weighted by Gasteiger charge is 2.55. The lowest BCUT2D eigenvalue weighted by Gasteiger charge is -2.53. The van der Waals surface area contributed by atoms with Gasteiger partial charge in [-0.2, -0.15) is 0 Å². The van der Waals surface area contributed by atoms with E-state index in [1.807, 2.05) is 11.3 Å². The summed E-state index contributed by atoms with van der Waals surface area (Å²) in [4.78, 5) is 3.03. The summed E-state index contributed by atoms with van der Waals surface area (Å²) >= 11 is 1.99. The predicted molar refractivity (Wildman–Crippen MR) is 189 cm³/mol. The Morgan fingerprint density at radius 1 is 0.778 bits per heavy atom. The fraction of sp³-hybridized carbons (Fsp3) is 0.238. The molecule has 1 N–H and O–H groups in total. The van der Waals surface area contributed by atoms with Crippen molar-refractivity contribution >= 4 is 33.2 Å². The van der Waals surface area contributed by atoms with Gasteiger partial charge in [-0.15, -0.1) is 11.3 Å². The Labute approximate surface area is 270 Å². The van der Waals surface area contributed by atoms with Crippen LogP contribution in [0.25, 0.3) is 32.3 Å². The maximum absolute atomic E-state index is 2.66. The molecule has 6 aromatic rings. The van der Waals surface area contributed by atoms with Crippen molar-refractivity contribution in [2.45, 2.75) is 63.5 Å². The Morgan fingerprint density at radius 2 is 1.49 bits per heavy atom. The summed E-state index contributed by atoms with van der Waals surface area (Å²) in [5.41, 5.74) is 13.0. The van der Waals surface area contributed by atoms with E-state index in [0.717, 1.165) is 19.3 Å². The van der Waals surface area contributed by atoms with Crippen LogP contribution in [-0.2, 0) is 12.0 Å². The lowest BCUT2D eigenvalue weighted by atomic mass is 9.72. The van der Waals surface area contributed by atoms with Crippen molar-refractivity contribution in [3.63, 3.8) is 0 Å². The Kier molecular flexibility index (Phi) is 6.14. The van der Waals surface area contributed by atoms with E-state index in [4.69, 9.17) is 0 Å². The fourth-order valence-corrected chi connectivity index (χ4v) is 10.2. The first-order chi connectivity index (χ1) is 22.0. The SMILES string of the molecule is CC1CC=Cc2c3c(n(-c4ccc([NH+]5C(c6ccccc6)CC5(C)c5ccccc5)cc4)c21)C(C)Cc1c-3sc2ccccc12. The summed E-state index contributed by atoms with van der Waals surface area (Å²) in [6, 6.07) is 41.3. The molecule has 222 valence electrons. The lowest BCUT2D eigenvalue weighted by Crippen LogP contribution is -3.21. The number of nitrogens with zero attached hydrogens (tertiary/aromatic N) is 1. The minimum Gasteiger partial charge on any atom is -0.316 e. The highest BCUT2D eigenvalue weighted by molar-refractivity contribution is 7.22. The first-order valence-electron chi connectivity index (χ1n) is 16.6. The van der Waals surface area contributed by atoms with Crippen LogP contribution in [0.2, 0.25) is 0 Å². The number of hydrogen-bond donors (Lipinski definition) is 1. The molecule has 3 aliphatic rings. The average molecular weight is 604 g/mol. The molecule has 4 aromatic carbocycles. The number of nitrogens with one attached hydrogen (secondary N) is 1. The van der Waals surface area contributed by atoms with Gasteiger partial charge in [0.2, 0.25) is 0 Å². The third kappa shape index (κ3) is 3.97. The number of thiophene rings is 1. The molecule has 45 heavy (non-hydrogen) atoms. The van der Waals surface area contributed by atoms with Crippen molar-refractivity contribution < 1.29 is 4.90 Å². The van der Waals surface area contributed by atoms with Crippen LogP contribution in [0.4, 0.5) is 5.69 Å². The molecular weight excluding hydrogens is 565 g/mol. The second kappa shape index (κ2) is 10.2. The molecule has 0 spiro atoms. The van der Waals surface area contributed by atoms with E-state index >= 15 is 0 Å². The molecule has 2 aromatic heterocycles. The number of quaternary nitrogens is 1. The molecule has 5 unspecified atom stereocenters. The van der Waals surface area contributed by atoms with Crippen molar-refractivity contribution in [2.75, 3.05) is 0 Å². The summed E-state index contributed by atoms with van der Waals surface area (Å²) in [7, 11) is 0. The number of allylic oxidation sites excluding steroid dienone is 1. The highest BCUT2D eigenvalue weighted by atomic mass is 32.1. The van der Waals surface area contributed by atoms with Gasteiger partial charge in [0.25, 0.3) is 0 Å². The van der Waals surface area contributed by atoms with E-state index in [2.05, 4.69) is 147 Å². The van der Waals surface area contributed by atoms with Gasteiger partial charge in [0, 0.05) is 72.9 Å². The van der Waals surface area contributed by atoms with Gasteiger partial charge in [0.1, 0.15) is 17.3 Å². The van der Waals surface area contributed by atoms with Crippen LogP contribution in [0.1, 0.15) is 85.1 Å². The number of rotatable bonds is 4. The summed E-state index contributed by atoms with van der Waals surface area (Å²) < 4.78 is 4.07. The minimum atomic E-state index is 0.0282. The van der Waals surface area contributed by atoms with E-state index in [1.54, 1.807) is 10.5 Å². The van der Waals surface area contributed by atoms with Crippen LogP contribution in [0.5, 0.6) is 0 Å². The smallest absolute Gasteiger partial charge is 0.132 e. The van der Waals surface area contributed by atoms with Gasteiger partial charge >= 0.3 is 0 Å². The Morgan fingerprint density at radius 3 is 2.27 bits per heavy atom. The number of hydrogen-bond acceptors (Lipinski definition) is 1. The van der Waals surface area contributed by atoms with Crippen LogP contribution in [0.15, 0.2) is 115 Å². The molecule has 1 fully saturated rings. The number of benzene rings is 4. The zero-order valence-electron chi connectivity index (χ0n) is 26.3.